The van der Waals surface area contributed by atoms with Crippen LogP contribution in [0.15, 0.2) is 77.9 Å². The molecule has 8 nitrogen and oxygen atoms in total. The number of hydrogen-bond acceptors (Lipinski definition) is 5. The van der Waals surface area contributed by atoms with Crippen LogP contribution in [0.5, 0.6) is 5.75 Å². The topological polar surface area (TPSA) is 83.5 Å². The Hall–Kier alpha value is -4.43. The summed E-state index contributed by atoms with van der Waals surface area (Å²) in [5.74, 6) is 0.977. The first-order valence-electron chi connectivity index (χ1n) is 13.2. The van der Waals surface area contributed by atoms with E-state index in [1.165, 1.54) is 0 Å². The lowest BCUT2D eigenvalue weighted by molar-refractivity contribution is -0.139. The number of pyridine rings is 2. The normalized spacial score (nSPS) is 16.3. The highest BCUT2D eigenvalue weighted by atomic mass is 16.5. The Morgan fingerprint density at radius 1 is 0.974 bits per heavy atom. The van der Waals surface area contributed by atoms with Crippen LogP contribution in [0, 0.1) is 0 Å². The quantitative estimate of drug-likeness (QED) is 0.361. The number of amides is 1. The summed E-state index contributed by atoms with van der Waals surface area (Å²) < 4.78 is 7.56. The van der Waals surface area contributed by atoms with Crippen molar-refractivity contribution >= 4 is 27.7 Å². The minimum absolute atomic E-state index is 0.0540. The summed E-state index contributed by atoms with van der Waals surface area (Å²) in [6.45, 7) is 4.83. The highest BCUT2D eigenvalue weighted by molar-refractivity contribution is 5.95. The van der Waals surface area contributed by atoms with E-state index >= 15 is 0 Å². The molecule has 0 saturated carbocycles. The summed E-state index contributed by atoms with van der Waals surface area (Å²) in [4.78, 5) is 36.5. The van der Waals surface area contributed by atoms with Crippen LogP contribution in [0.25, 0.3) is 44.2 Å². The second kappa shape index (κ2) is 10.0. The third-order valence-corrected chi connectivity index (χ3v) is 7.70. The van der Waals surface area contributed by atoms with E-state index in [1.54, 1.807) is 22.7 Å². The monoisotopic (exact) mass is 521 g/mol. The molecule has 2 aromatic carbocycles. The van der Waals surface area contributed by atoms with Gasteiger partial charge in [-0.2, -0.15) is 0 Å². The lowest BCUT2D eigenvalue weighted by Gasteiger charge is -2.37. The lowest BCUT2D eigenvalue weighted by Crippen LogP contribution is -2.55. The minimum atomic E-state index is -0.107. The van der Waals surface area contributed by atoms with Crippen molar-refractivity contribution in [2.75, 3.05) is 33.3 Å². The number of hydrogen-bond donors (Lipinski definition) is 1. The molecule has 1 saturated heterocycles. The number of aromatic nitrogens is 3. The summed E-state index contributed by atoms with van der Waals surface area (Å²) in [6, 6.07) is 20.2. The Labute approximate surface area is 226 Å². The smallest absolute Gasteiger partial charge is 0.274 e. The number of ether oxygens (including phenoxy) is 1. The predicted molar refractivity (Wildman–Crippen MR) is 154 cm³/mol. The van der Waals surface area contributed by atoms with E-state index in [-0.39, 0.29) is 17.5 Å². The number of H-pyrrole nitrogens is 1. The molecule has 1 fully saturated rings. The number of fused-ring (bicyclic) bond motifs is 2. The Morgan fingerprint density at radius 2 is 1.77 bits per heavy atom. The van der Waals surface area contributed by atoms with Gasteiger partial charge < -0.3 is 19.2 Å². The highest BCUT2D eigenvalue weighted by Crippen LogP contribution is 2.29. The summed E-state index contributed by atoms with van der Waals surface area (Å²) in [6.07, 6.45) is 3.63. The number of aromatic amines is 1. The first-order valence-corrected chi connectivity index (χ1v) is 13.2. The van der Waals surface area contributed by atoms with Crippen molar-refractivity contribution in [1.29, 1.82) is 0 Å². The van der Waals surface area contributed by atoms with E-state index in [2.05, 4.69) is 40.2 Å². The van der Waals surface area contributed by atoms with Gasteiger partial charge in [0.05, 0.1) is 17.3 Å². The fourth-order valence-corrected chi connectivity index (χ4v) is 5.32. The van der Waals surface area contributed by atoms with Gasteiger partial charge in [-0.1, -0.05) is 24.3 Å². The van der Waals surface area contributed by atoms with Crippen LogP contribution in [0.4, 0.5) is 0 Å². The fourth-order valence-electron chi connectivity index (χ4n) is 5.32. The molecule has 0 radical (unpaired) electrons. The molecule has 1 N–H and O–H groups in total. The maximum absolute atomic E-state index is 12.4. The van der Waals surface area contributed by atoms with Gasteiger partial charge in [-0.05, 0) is 54.4 Å². The van der Waals surface area contributed by atoms with Gasteiger partial charge in [0.1, 0.15) is 17.9 Å². The number of nitrogens with one attached hydrogen (secondary N) is 1. The number of likely N-dealkylation sites (N-methyl/N-ethyl adjacent to an activating group) is 1. The molecular weight excluding hydrogens is 490 g/mol. The third-order valence-electron chi connectivity index (χ3n) is 7.70. The molecule has 1 aliphatic rings. The van der Waals surface area contributed by atoms with Crippen molar-refractivity contribution in [3.05, 3.63) is 83.4 Å². The number of benzene rings is 2. The number of nitrogens with zero attached hydrogens (tertiary/aromatic N) is 4. The van der Waals surface area contributed by atoms with Gasteiger partial charge in [-0.3, -0.25) is 14.5 Å². The number of rotatable bonds is 6. The third kappa shape index (κ3) is 4.68. The Kier molecular flexibility index (Phi) is 6.40. The molecule has 39 heavy (non-hydrogen) atoms. The van der Waals surface area contributed by atoms with Gasteiger partial charge in [0.2, 0.25) is 5.91 Å². The van der Waals surface area contributed by atoms with Crippen LogP contribution in [0.1, 0.15) is 6.92 Å². The first-order chi connectivity index (χ1) is 18.9. The molecule has 0 bridgehead atoms. The van der Waals surface area contributed by atoms with Crippen molar-refractivity contribution in [3.63, 3.8) is 0 Å². The van der Waals surface area contributed by atoms with E-state index in [1.807, 2.05) is 50.5 Å². The maximum Gasteiger partial charge on any atom is 0.274 e. The Balaban J connectivity index is 1.16. The Morgan fingerprint density at radius 3 is 2.59 bits per heavy atom. The second-order valence-corrected chi connectivity index (χ2v) is 10.2. The second-order valence-electron chi connectivity index (χ2n) is 10.2. The van der Waals surface area contributed by atoms with Gasteiger partial charge in [-0.25, -0.2) is 4.98 Å². The first kappa shape index (κ1) is 24.9. The molecule has 0 aliphatic carbocycles. The summed E-state index contributed by atoms with van der Waals surface area (Å²) in [7, 11) is 3.61. The van der Waals surface area contributed by atoms with Crippen molar-refractivity contribution in [2.24, 2.45) is 7.05 Å². The lowest BCUT2D eigenvalue weighted by atomic mass is 10.0. The molecule has 0 unspecified atom stereocenters. The van der Waals surface area contributed by atoms with Gasteiger partial charge in [-0.15, -0.1) is 0 Å². The fraction of sp³-hybridized carbons (Fsp3) is 0.258. The van der Waals surface area contributed by atoms with E-state index < -0.39 is 0 Å². The van der Waals surface area contributed by atoms with Gasteiger partial charge >= 0.3 is 0 Å². The molecule has 3 aromatic heterocycles. The van der Waals surface area contributed by atoms with Crippen molar-refractivity contribution in [2.45, 2.75) is 13.0 Å². The Bertz CT molecular complexity index is 1740. The standard InChI is InChI=1S/C31H31N5O3/c1-20-30(37)34(2)14-15-36(20)16-17-39-24-8-4-21(5-9-24)22-6-10-27-23(18-22)7-11-28(33-27)26-19-35(3)31(38)29-25(26)12-13-32-29/h4-13,18-20,32H,14-17H2,1-3H3/t20-/m1/s1. The molecule has 1 aliphatic heterocycles. The number of piperazine rings is 1. The van der Waals surface area contributed by atoms with Crippen LogP contribution >= 0.6 is 0 Å². The van der Waals surface area contributed by atoms with Crippen molar-refractivity contribution < 1.29 is 9.53 Å². The van der Waals surface area contributed by atoms with Gasteiger partial charge in [0.15, 0.2) is 0 Å². The average Bonchev–Trinajstić information content (AvgIpc) is 3.45. The van der Waals surface area contributed by atoms with Crippen LogP contribution in [-0.4, -0.2) is 69.6 Å². The number of carbonyl (C=O) groups is 1. The van der Waals surface area contributed by atoms with E-state index in [0.717, 1.165) is 64.1 Å². The van der Waals surface area contributed by atoms with Crippen LogP contribution in [0.2, 0.25) is 0 Å². The summed E-state index contributed by atoms with van der Waals surface area (Å²) in [5, 5.41) is 1.91. The molecule has 8 heteroatoms. The molecule has 1 amide bonds. The largest absolute Gasteiger partial charge is 0.492 e. The molecule has 6 rings (SSSR count). The van der Waals surface area contributed by atoms with Crippen LogP contribution < -0.4 is 10.3 Å². The molecular formula is C31H31N5O3. The summed E-state index contributed by atoms with van der Waals surface area (Å²) in [5.41, 5.74) is 5.37. The summed E-state index contributed by atoms with van der Waals surface area (Å²) >= 11 is 0. The highest BCUT2D eigenvalue weighted by Gasteiger charge is 2.28. The van der Waals surface area contributed by atoms with E-state index in [4.69, 9.17) is 9.72 Å². The van der Waals surface area contributed by atoms with Crippen molar-refractivity contribution in [1.82, 2.24) is 24.3 Å². The van der Waals surface area contributed by atoms with E-state index in [9.17, 15) is 9.59 Å². The molecule has 4 heterocycles. The maximum atomic E-state index is 12.4. The molecule has 0 spiro atoms. The van der Waals surface area contributed by atoms with Crippen LogP contribution in [0.3, 0.4) is 0 Å². The molecule has 5 aromatic rings. The van der Waals surface area contributed by atoms with Crippen molar-refractivity contribution in [3.8, 4) is 28.1 Å². The zero-order valence-electron chi connectivity index (χ0n) is 22.3. The van der Waals surface area contributed by atoms with Gasteiger partial charge in [0.25, 0.3) is 5.56 Å². The average molecular weight is 522 g/mol. The SMILES string of the molecule is C[C@@H]1C(=O)N(C)CCN1CCOc1ccc(-c2ccc3nc(-c4cn(C)c(=O)c5[nH]ccc45)ccc3c2)cc1. The van der Waals surface area contributed by atoms with Gasteiger partial charge in [0, 0.05) is 62.5 Å². The number of carbonyl (C=O) groups excluding carboxylic acids is 1. The zero-order valence-corrected chi connectivity index (χ0v) is 22.3. The molecule has 1 atom stereocenters. The zero-order chi connectivity index (χ0) is 27.1. The number of aryl methyl sites for hydroxylation is 1. The minimum Gasteiger partial charge on any atom is -0.492 e. The van der Waals surface area contributed by atoms with E-state index in [0.29, 0.717) is 12.1 Å². The van der Waals surface area contributed by atoms with Crippen LogP contribution in [-0.2, 0) is 11.8 Å². The predicted octanol–water partition coefficient (Wildman–Crippen LogP) is 4.29. The molecule has 198 valence electrons.